The van der Waals surface area contributed by atoms with Gasteiger partial charge in [-0.1, -0.05) is 38.5 Å². The number of rotatable bonds is 9. The molecule has 0 N–H and O–H groups in total. The average Bonchev–Trinajstić information content (AvgIpc) is 2.39. The van der Waals surface area contributed by atoms with Gasteiger partial charge in [-0.3, -0.25) is 0 Å². The van der Waals surface area contributed by atoms with E-state index in [1.54, 1.807) is 0 Å². The molecule has 0 aromatic carbocycles. The quantitative estimate of drug-likeness (QED) is 0.400. The van der Waals surface area contributed by atoms with Crippen LogP contribution in [0, 0.1) is 0 Å². The van der Waals surface area contributed by atoms with E-state index in [0.29, 0.717) is 0 Å². The Kier molecular flexibility index (Phi) is 8.53. The third-order valence-electron chi connectivity index (χ3n) is 3.91. The summed E-state index contributed by atoms with van der Waals surface area (Å²) < 4.78 is 6.42. The molecule has 0 spiro atoms. The Labute approximate surface area is 109 Å². The first-order chi connectivity index (χ1) is 8.07. The Morgan fingerprint density at radius 2 is 1.76 bits per heavy atom. The predicted octanol–water partition coefficient (Wildman–Crippen LogP) is 5.31. The molecule has 1 atom stereocenters. The van der Waals surface area contributed by atoms with Gasteiger partial charge in [0, 0.05) is 0 Å². The molecule has 0 saturated carbocycles. The second kappa shape index (κ2) is 8.70. The van der Waals surface area contributed by atoms with Gasteiger partial charge in [0.2, 0.25) is 0 Å². The molecule has 0 rings (SSSR count). The third kappa shape index (κ3) is 5.69. The molecule has 0 saturated heterocycles. The van der Waals surface area contributed by atoms with Crippen molar-refractivity contribution in [2.24, 2.45) is 0 Å². The molecule has 0 unspecified atom stereocenters. The van der Waals surface area contributed by atoms with Crippen molar-refractivity contribution < 1.29 is 4.43 Å². The summed E-state index contributed by atoms with van der Waals surface area (Å²) in [5.74, 6) is 0. The second-order valence-corrected chi connectivity index (χ2v) is 9.53. The first-order valence-corrected chi connectivity index (χ1v) is 9.52. The van der Waals surface area contributed by atoms with Crippen LogP contribution in [0.15, 0.2) is 24.3 Å². The number of hydrogen-bond donors (Lipinski definition) is 0. The minimum atomic E-state index is -1.47. The standard InChI is InChI=1S/C15H30OSi/c1-7-14(6)12-13-15(8-2)16-17(9-3,10-4)11-5/h7-8,15H,2,9-13H2,1,3-6H3/b14-7+/t15-/m1/s1. The maximum atomic E-state index is 6.42. The Morgan fingerprint density at radius 3 is 2.12 bits per heavy atom. The van der Waals surface area contributed by atoms with Gasteiger partial charge in [0.05, 0.1) is 6.10 Å². The van der Waals surface area contributed by atoms with Gasteiger partial charge in [0.15, 0.2) is 8.32 Å². The maximum Gasteiger partial charge on any atom is 0.192 e. The highest BCUT2D eigenvalue weighted by atomic mass is 28.4. The summed E-state index contributed by atoms with van der Waals surface area (Å²) in [6.07, 6.45) is 6.62. The Morgan fingerprint density at radius 1 is 1.24 bits per heavy atom. The van der Waals surface area contributed by atoms with Crippen LogP contribution in [0.2, 0.25) is 18.1 Å². The molecule has 0 aliphatic rings. The highest BCUT2D eigenvalue weighted by molar-refractivity contribution is 6.73. The van der Waals surface area contributed by atoms with Gasteiger partial charge in [0.25, 0.3) is 0 Å². The molecule has 0 bridgehead atoms. The average molecular weight is 254 g/mol. The largest absolute Gasteiger partial charge is 0.411 e. The molecule has 0 heterocycles. The van der Waals surface area contributed by atoms with Crippen molar-refractivity contribution >= 4 is 8.32 Å². The molecule has 100 valence electrons. The van der Waals surface area contributed by atoms with E-state index in [0.717, 1.165) is 12.8 Å². The lowest BCUT2D eigenvalue weighted by atomic mass is 10.1. The van der Waals surface area contributed by atoms with E-state index < -0.39 is 8.32 Å². The molecule has 0 aliphatic heterocycles. The molecule has 0 aliphatic carbocycles. The highest BCUT2D eigenvalue weighted by Gasteiger charge is 2.30. The Balaban J connectivity index is 4.41. The van der Waals surface area contributed by atoms with Gasteiger partial charge in [0.1, 0.15) is 0 Å². The van der Waals surface area contributed by atoms with Crippen LogP contribution in [-0.4, -0.2) is 14.4 Å². The zero-order valence-corrected chi connectivity index (χ0v) is 13.4. The summed E-state index contributed by atoms with van der Waals surface area (Å²) in [4.78, 5) is 0. The van der Waals surface area contributed by atoms with Crippen LogP contribution in [0.5, 0.6) is 0 Å². The van der Waals surface area contributed by atoms with Crippen LogP contribution in [0.1, 0.15) is 47.5 Å². The first-order valence-electron chi connectivity index (χ1n) is 6.99. The van der Waals surface area contributed by atoms with Gasteiger partial charge in [-0.05, 0) is 44.8 Å². The van der Waals surface area contributed by atoms with Crippen molar-refractivity contribution in [1.82, 2.24) is 0 Å². The smallest absolute Gasteiger partial charge is 0.192 e. The molecule has 17 heavy (non-hydrogen) atoms. The van der Waals surface area contributed by atoms with Gasteiger partial charge >= 0.3 is 0 Å². The number of allylic oxidation sites excluding steroid dienone is 2. The molecule has 0 amide bonds. The van der Waals surface area contributed by atoms with E-state index in [1.807, 2.05) is 6.08 Å². The zero-order chi connectivity index (χ0) is 13.3. The van der Waals surface area contributed by atoms with E-state index >= 15 is 0 Å². The van der Waals surface area contributed by atoms with Crippen LogP contribution in [0.4, 0.5) is 0 Å². The lowest BCUT2D eigenvalue weighted by Crippen LogP contribution is -2.39. The summed E-state index contributed by atoms with van der Waals surface area (Å²) in [6, 6.07) is 3.65. The van der Waals surface area contributed by atoms with Crippen LogP contribution in [0.3, 0.4) is 0 Å². The van der Waals surface area contributed by atoms with Crippen molar-refractivity contribution in [3.8, 4) is 0 Å². The number of hydrogen-bond acceptors (Lipinski definition) is 1. The topological polar surface area (TPSA) is 9.23 Å². The molecular formula is C15H30OSi. The van der Waals surface area contributed by atoms with Crippen molar-refractivity contribution in [3.05, 3.63) is 24.3 Å². The van der Waals surface area contributed by atoms with E-state index in [-0.39, 0.29) is 6.10 Å². The molecule has 1 nitrogen and oxygen atoms in total. The van der Waals surface area contributed by atoms with Crippen molar-refractivity contribution in [3.63, 3.8) is 0 Å². The lowest BCUT2D eigenvalue weighted by Gasteiger charge is -2.32. The zero-order valence-electron chi connectivity index (χ0n) is 12.4. The van der Waals surface area contributed by atoms with E-state index in [2.05, 4.69) is 47.3 Å². The molecule has 0 aromatic rings. The summed E-state index contributed by atoms with van der Waals surface area (Å²) in [5, 5.41) is 0. The van der Waals surface area contributed by atoms with E-state index in [4.69, 9.17) is 4.43 Å². The van der Waals surface area contributed by atoms with Gasteiger partial charge in [-0.25, -0.2) is 0 Å². The second-order valence-electron chi connectivity index (χ2n) is 4.81. The van der Waals surface area contributed by atoms with Crippen LogP contribution in [0.25, 0.3) is 0 Å². The Hall–Kier alpha value is -0.343. The molecule has 0 fully saturated rings. The predicted molar refractivity (Wildman–Crippen MR) is 80.9 cm³/mol. The SMILES string of the molecule is C=C[C@H](CC/C(C)=C/C)O[Si](CC)(CC)CC. The fourth-order valence-electron chi connectivity index (χ4n) is 2.06. The van der Waals surface area contributed by atoms with Crippen molar-refractivity contribution in [1.29, 1.82) is 0 Å². The normalized spacial score (nSPS) is 14.8. The first kappa shape index (κ1) is 16.7. The van der Waals surface area contributed by atoms with Gasteiger partial charge in [-0.15, -0.1) is 6.58 Å². The Bertz CT molecular complexity index is 233. The summed E-state index contributed by atoms with van der Waals surface area (Å²) >= 11 is 0. The van der Waals surface area contributed by atoms with Crippen LogP contribution >= 0.6 is 0 Å². The summed E-state index contributed by atoms with van der Waals surface area (Å²) in [7, 11) is -1.47. The van der Waals surface area contributed by atoms with Gasteiger partial charge in [-0.2, -0.15) is 0 Å². The molecule has 0 aromatic heterocycles. The summed E-state index contributed by atoms with van der Waals surface area (Å²) in [6.45, 7) is 15.0. The van der Waals surface area contributed by atoms with Gasteiger partial charge < -0.3 is 4.43 Å². The fourth-order valence-corrected chi connectivity index (χ4v) is 4.92. The lowest BCUT2D eigenvalue weighted by molar-refractivity contribution is 0.223. The third-order valence-corrected chi connectivity index (χ3v) is 8.58. The molecule has 0 radical (unpaired) electrons. The minimum absolute atomic E-state index is 0.247. The van der Waals surface area contributed by atoms with E-state index in [9.17, 15) is 0 Å². The minimum Gasteiger partial charge on any atom is -0.411 e. The monoisotopic (exact) mass is 254 g/mol. The van der Waals surface area contributed by atoms with Crippen molar-refractivity contribution in [2.45, 2.75) is 71.7 Å². The maximum absolute atomic E-state index is 6.42. The summed E-state index contributed by atoms with van der Waals surface area (Å²) in [5.41, 5.74) is 1.44. The highest BCUT2D eigenvalue weighted by Crippen LogP contribution is 2.25. The van der Waals surface area contributed by atoms with Crippen LogP contribution < -0.4 is 0 Å². The van der Waals surface area contributed by atoms with Crippen LogP contribution in [-0.2, 0) is 4.43 Å². The molecule has 2 heteroatoms. The fraction of sp³-hybridized carbons (Fsp3) is 0.733. The van der Waals surface area contributed by atoms with Crippen molar-refractivity contribution in [2.75, 3.05) is 0 Å². The van der Waals surface area contributed by atoms with E-state index in [1.165, 1.54) is 23.7 Å². The molecular weight excluding hydrogens is 224 g/mol.